The number of hydrogen-bond acceptors (Lipinski definition) is 5. The largest absolute Gasteiger partial charge is 0.356 e. The maximum Gasteiger partial charge on any atom is 0.236 e. The standard InChI is InChI=1S/C22H38N6OS.HI/c1-22(2,3)18-17-30-19(25-18)8-9-24-21(23-4)28-14-12-26(13-15-28)16-20(29)27-10-6-5-7-11-27;/h17H,5-16H2,1-4H3,(H,23,24);1H. The summed E-state index contributed by atoms with van der Waals surface area (Å²) >= 11 is 1.74. The SMILES string of the molecule is CN=C(NCCc1nc(C(C)(C)C)cs1)N1CCN(CC(=O)N2CCCCC2)CC1.I. The van der Waals surface area contributed by atoms with Crippen LogP contribution >= 0.6 is 35.3 Å². The molecule has 0 saturated carbocycles. The lowest BCUT2D eigenvalue weighted by molar-refractivity contribution is -0.133. The minimum absolute atomic E-state index is 0. The predicted octanol–water partition coefficient (Wildman–Crippen LogP) is 2.81. The van der Waals surface area contributed by atoms with Gasteiger partial charge in [-0.05, 0) is 19.3 Å². The van der Waals surface area contributed by atoms with Crippen LogP contribution in [0.4, 0.5) is 0 Å². The van der Waals surface area contributed by atoms with E-state index < -0.39 is 0 Å². The number of piperazine rings is 1. The van der Waals surface area contributed by atoms with Crippen molar-refractivity contribution in [3.05, 3.63) is 16.1 Å². The Morgan fingerprint density at radius 1 is 1.10 bits per heavy atom. The second kappa shape index (κ2) is 12.3. The van der Waals surface area contributed by atoms with E-state index in [2.05, 4.69) is 46.3 Å². The molecular weight excluding hydrogens is 523 g/mol. The van der Waals surface area contributed by atoms with Gasteiger partial charge in [0, 0.05) is 70.1 Å². The summed E-state index contributed by atoms with van der Waals surface area (Å²) in [5.74, 6) is 1.24. The summed E-state index contributed by atoms with van der Waals surface area (Å²) < 4.78 is 0. The van der Waals surface area contributed by atoms with E-state index in [0.717, 1.165) is 71.0 Å². The van der Waals surface area contributed by atoms with Crippen molar-refractivity contribution < 1.29 is 4.79 Å². The van der Waals surface area contributed by atoms with Crippen LogP contribution in [0, 0.1) is 0 Å². The third-order valence-corrected chi connectivity index (χ3v) is 6.80. The van der Waals surface area contributed by atoms with Gasteiger partial charge in [-0.3, -0.25) is 14.7 Å². The number of likely N-dealkylation sites (tertiary alicyclic amines) is 1. The molecule has 2 aliphatic rings. The minimum Gasteiger partial charge on any atom is -0.356 e. The van der Waals surface area contributed by atoms with Gasteiger partial charge in [-0.2, -0.15) is 0 Å². The molecule has 1 N–H and O–H groups in total. The number of aliphatic imine (C=N–C) groups is 1. The summed E-state index contributed by atoms with van der Waals surface area (Å²) in [4.78, 5) is 28.4. The summed E-state index contributed by atoms with van der Waals surface area (Å²) in [5, 5.41) is 6.84. The second-order valence-corrected chi connectivity index (χ2v) is 10.2. The Bertz CT molecular complexity index is 718. The zero-order valence-corrected chi connectivity index (χ0v) is 22.7. The van der Waals surface area contributed by atoms with Gasteiger partial charge >= 0.3 is 0 Å². The van der Waals surface area contributed by atoms with Gasteiger partial charge < -0.3 is 15.1 Å². The van der Waals surface area contributed by atoms with Crippen LogP contribution in [0.2, 0.25) is 0 Å². The van der Waals surface area contributed by atoms with Gasteiger partial charge in [-0.25, -0.2) is 4.98 Å². The van der Waals surface area contributed by atoms with Gasteiger partial charge in [0.15, 0.2) is 5.96 Å². The molecule has 2 aliphatic heterocycles. The summed E-state index contributed by atoms with van der Waals surface area (Å²) in [5.41, 5.74) is 1.27. The number of halogens is 1. The van der Waals surface area contributed by atoms with Gasteiger partial charge in [0.1, 0.15) is 0 Å². The molecule has 7 nitrogen and oxygen atoms in total. The molecule has 0 unspecified atom stereocenters. The fourth-order valence-electron chi connectivity index (χ4n) is 3.94. The predicted molar refractivity (Wildman–Crippen MR) is 140 cm³/mol. The average molecular weight is 563 g/mol. The van der Waals surface area contributed by atoms with Crippen LogP contribution in [0.5, 0.6) is 0 Å². The van der Waals surface area contributed by atoms with Crippen molar-refractivity contribution in [2.75, 3.05) is 59.4 Å². The van der Waals surface area contributed by atoms with E-state index in [1.165, 1.54) is 17.1 Å². The number of amides is 1. The number of aromatic nitrogens is 1. The fourth-order valence-corrected chi connectivity index (χ4v) is 4.96. The molecule has 0 spiro atoms. The van der Waals surface area contributed by atoms with Gasteiger partial charge in [-0.15, -0.1) is 35.3 Å². The molecule has 0 atom stereocenters. The van der Waals surface area contributed by atoms with E-state index >= 15 is 0 Å². The van der Waals surface area contributed by atoms with Crippen molar-refractivity contribution >= 4 is 47.2 Å². The Labute approximate surface area is 208 Å². The summed E-state index contributed by atoms with van der Waals surface area (Å²) in [6.45, 7) is 13.5. The highest BCUT2D eigenvalue weighted by atomic mass is 127. The van der Waals surface area contributed by atoms with Crippen molar-refractivity contribution in [2.45, 2.75) is 51.9 Å². The van der Waals surface area contributed by atoms with Crippen LogP contribution in [-0.2, 0) is 16.6 Å². The smallest absolute Gasteiger partial charge is 0.236 e. The number of piperidine rings is 1. The van der Waals surface area contributed by atoms with Gasteiger partial charge in [0.2, 0.25) is 5.91 Å². The fraction of sp³-hybridized carbons (Fsp3) is 0.773. The molecular formula is C22H39IN6OS. The number of nitrogens with one attached hydrogen (secondary N) is 1. The monoisotopic (exact) mass is 562 g/mol. The first-order valence-corrected chi connectivity index (χ1v) is 12.2. The van der Waals surface area contributed by atoms with Crippen molar-refractivity contribution in [3.8, 4) is 0 Å². The Hall–Kier alpha value is -0.940. The van der Waals surface area contributed by atoms with E-state index in [9.17, 15) is 4.79 Å². The molecule has 176 valence electrons. The molecule has 3 rings (SSSR count). The number of guanidine groups is 1. The third-order valence-electron chi connectivity index (χ3n) is 5.89. The molecule has 2 fully saturated rings. The molecule has 1 aromatic heterocycles. The van der Waals surface area contributed by atoms with Crippen molar-refractivity contribution in [1.82, 2.24) is 25.0 Å². The lowest BCUT2D eigenvalue weighted by Crippen LogP contribution is -2.54. The Balaban J connectivity index is 0.00000341. The highest BCUT2D eigenvalue weighted by Crippen LogP contribution is 2.23. The van der Waals surface area contributed by atoms with E-state index in [-0.39, 0.29) is 29.4 Å². The Morgan fingerprint density at radius 3 is 2.35 bits per heavy atom. The summed E-state index contributed by atoms with van der Waals surface area (Å²) in [7, 11) is 1.84. The number of rotatable bonds is 5. The van der Waals surface area contributed by atoms with E-state index in [4.69, 9.17) is 4.98 Å². The maximum absolute atomic E-state index is 12.5. The number of thiazole rings is 1. The van der Waals surface area contributed by atoms with Gasteiger partial charge in [-0.1, -0.05) is 20.8 Å². The van der Waals surface area contributed by atoms with Crippen LogP contribution in [0.1, 0.15) is 50.7 Å². The van der Waals surface area contributed by atoms with E-state index in [1.807, 2.05) is 11.9 Å². The normalized spacial score (nSPS) is 18.6. The molecule has 9 heteroatoms. The Morgan fingerprint density at radius 2 is 1.77 bits per heavy atom. The molecule has 1 amide bonds. The van der Waals surface area contributed by atoms with Crippen LogP contribution in [0.3, 0.4) is 0 Å². The topological polar surface area (TPSA) is 64.1 Å². The number of carbonyl (C=O) groups excluding carboxylic acids is 1. The molecule has 31 heavy (non-hydrogen) atoms. The number of carbonyl (C=O) groups is 1. The van der Waals surface area contributed by atoms with E-state index in [1.54, 1.807) is 11.3 Å². The zero-order valence-electron chi connectivity index (χ0n) is 19.5. The average Bonchev–Trinajstić information content (AvgIpc) is 3.22. The van der Waals surface area contributed by atoms with E-state index in [0.29, 0.717) is 12.5 Å². The first-order chi connectivity index (χ1) is 14.4. The van der Waals surface area contributed by atoms with Crippen molar-refractivity contribution in [3.63, 3.8) is 0 Å². The molecule has 0 radical (unpaired) electrons. The highest BCUT2D eigenvalue weighted by Gasteiger charge is 2.24. The molecule has 0 bridgehead atoms. The number of nitrogens with zero attached hydrogens (tertiary/aromatic N) is 5. The van der Waals surface area contributed by atoms with Crippen LogP contribution < -0.4 is 5.32 Å². The van der Waals surface area contributed by atoms with Crippen LogP contribution in [0.25, 0.3) is 0 Å². The molecule has 0 aliphatic carbocycles. The third kappa shape index (κ3) is 7.85. The first kappa shape index (κ1) is 26.3. The Kier molecular flexibility index (Phi) is 10.5. The molecule has 1 aromatic rings. The molecule has 2 saturated heterocycles. The van der Waals surface area contributed by atoms with Crippen LogP contribution in [0.15, 0.2) is 10.4 Å². The minimum atomic E-state index is 0. The van der Waals surface area contributed by atoms with Crippen LogP contribution in [-0.4, -0.2) is 91.0 Å². The second-order valence-electron chi connectivity index (χ2n) is 9.31. The summed E-state index contributed by atoms with van der Waals surface area (Å²) in [6.07, 6.45) is 4.47. The van der Waals surface area contributed by atoms with Gasteiger partial charge in [0.25, 0.3) is 0 Å². The number of hydrogen-bond donors (Lipinski definition) is 1. The lowest BCUT2D eigenvalue weighted by Gasteiger charge is -2.37. The maximum atomic E-state index is 12.5. The quantitative estimate of drug-likeness (QED) is 0.340. The van der Waals surface area contributed by atoms with Crippen molar-refractivity contribution in [2.24, 2.45) is 4.99 Å². The zero-order chi connectivity index (χ0) is 21.6. The van der Waals surface area contributed by atoms with Crippen molar-refractivity contribution in [1.29, 1.82) is 0 Å². The lowest BCUT2D eigenvalue weighted by atomic mass is 9.93. The van der Waals surface area contributed by atoms with Gasteiger partial charge in [0.05, 0.1) is 17.2 Å². The first-order valence-electron chi connectivity index (χ1n) is 11.3. The highest BCUT2D eigenvalue weighted by molar-refractivity contribution is 14.0. The summed E-state index contributed by atoms with van der Waals surface area (Å²) in [6, 6.07) is 0. The molecule has 0 aromatic carbocycles. The molecule has 3 heterocycles.